The predicted octanol–water partition coefficient (Wildman–Crippen LogP) is 1.94. The van der Waals surface area contributed by atoms with Crippen LogP contribution in [-0.4, -0.2) is 59.5 Å². The molecule has 24 heavy (non-hydrogen) atoms. The number of benzene rings is 1. The van der Waals surface area contributed by atoms with Gasteiger partial charge in [-0.1, -0.05) is 6.42 Å². The normalized spacial score (nSPS) is 25.0. The van der Waals surface area contributed by atoms with Crippen molar-refractivity contribution in [1.29, 1.82) is 0 Å². The van der Waals surface area contributed by atoms with Gasteiger partial charge < -0.3 is 15.4 Å². The van der Waals surface area contributed by atoms with E-state index in [0.29, 0.717) is 13.2 Å². The monoisotopic (exact) mass is 329 g/mol. The molecule has 7 heteroatoms. The second-order valence-corrected chi connectivity index (χ2v) is 6.58. The zero-order chi connectivity index (χ0) is 16.4. The lowest BCUT2D eigenvalue weighted by molar-refractivity contribution is 0.125. The lowest BCUT2D eigenvalue weighted by atomic mass is 10.1. The molecule has 0 bridgehead atoms. The Hall–Kier alpha value is -2.12. The molecule has 2 atom stereocenters. The van der Waals surface area contributed by atoms with Crippen LogP contribution in [0.3, 0.4) is 0 Å². The third kappa shape index (κ3) is 3.22. The summed E-state index contributed by atoms with van der Waals surface area (Å²) < 4.78 is 5.62. The summed E-state index contributed by atoms with van der Waals surface area (Å²) in [6.07, 6.45) is 5.52. The second-order valence-electron chi connectivity index (χ2n) is 6.58. The molecule has 2 unspecified atom stereocenters. The van der Waals surface area contributed by atoms with Gasteiger partial charge in [0, 0.05) is 11.1 Å². The molecule has 2 amide bonds. The minimum absolute atomic E-state index is 0.0424. The number of amides is 2. The first kappa shape index (κ1) is 15.4. The van der Waals surface area contributed by atoms with Crippen LogP contribution in [-0.2, 0) is 4.74 Å². The Morgan fingerprint density at radius 1 is 1.25 bits per heavy atom. The highest BCUT2D eigenvalue weighted by atomic mass is 16.5. The van der Waals surface area contributed by atoms with Crippen molar-refractivity contribution in [2.24, 2.45) is 0 Å². The standard InChI is InChI=1S/C17H23N5O2/c23-17(19-13-4-5-14-12(8-13)9-18-21-14)20-15-10-24-11-16(15)22-6-2-1-3-7-22/h4-5,8-9,15-16H,1-3,6-7,10-11H2,(H,18,21)(H2,19,20,23). The molecule has 0 aliphatic carbocycles. The zero-order valence-corrected chi connectivity index (χ0v) is 13.6. The smallest absolute Gasteiger partial charge is 0.319 e. The zero-order valence-electron chi connectivity index (χ0n) is 13.6. The lowest BCUT2D eigenvalue weighted by Gasteiger charge is -2.34. The molecule has 7 nitrogen and oxygen atoms in total. The third-order valence-corrected chi connectivity index (χ3v) is 4.92. The molecule has 128 valence electrons. The molecule has 2 aromatic rings. The van der Waals surface area contributed by atoms with Crippen LogP contribution in [0.1, 0.15) is 19.3 Å². The summed E-state index contributed by atoms with van der Waals surface area (Å²) in [7, 11) is 0. The number of ether oxygens (including phenoxy) is 1. The fourth-order valence-corrected chi connectivity index (χ4v) is 3.65. The van der Waals surface area contributed by atoms with Crippen molar-refractivity contribution >= 4 is 22.6 Å². The van der Waals surface area contributed by atoms with Gasteiger partial charge in [-0.2, -0.15) is 5.10 Å². The summed E-state index contributed by atoms with van der Waals surface area (Å²) in [5.41, 5.74) is 1.71. The van der Waals surface area contributed by atoms with Crippen molar-refractivity contribution in [3.8, 4) is 0 Å². The first-order chi connectivity index (χ1) is 11.8. The molecule has 2 saturated heterocycles. The lowest BCUT2D eigenvalue weighted by Crippen LogP contribution is -2.53. The topological polar surface area (TPSA) is 82.3 Å². The average Bonchev–Trinajstić information content (AvgIpc) is 3.24. The number of hydrogen-bond acceptors (Lipinski definition) is 4. The van der Waals surface area contributed by atoms with Gasteiger partial charge in [0.1, 0.15) is 0 Å². The van der Waals surface area contributed by atoms with Crippen LogP contribution in [0.4, 0.5) is 10.5 Å². The Morgan fingerprint density at radius 3 is 3.00 bits per heavy atom. The Kier molecular flexibility index (Phi) is 4.36. The van der Waals surface area contributed by atoms with Gasteiger partial charge in [-0.25, -0.2) is 4.79 Å². The van der Waals surface area contributed by atoms with Crippen molar-refractivity contribution in [1.82, 2.24) is 20.4 Å². The minimum Gasteiger partial charge on any atom is -0.378 e. The van der Waals surface area contributed by atoms with E-state index < -0.39 is 0 Å². The Balaban J connectivity index is 1.37. The van der Waals surface area contributed by atoms with Crippen LogP contribution < -0.4 is 10.6 Å². The number of piperidine rings is 1. The Morgan fingerprint density at radius 2 is 2.12 bits per heavy atom. The molecule has 2 aliphatic heterocycles. The molecule has 2 fully saturated rings. The van der Waals surface area contributed by atoms with E-state index in [-0.39, 0.29) is 18.1 Å². The Bertz CT molecular complexity index is 710. The molecule has 3 heterocycles. The quantitative estimate of drug-likeness (QED) is 0.804. The number of aromatic nitrogens is 2. The van der Waals surface area contributed by atoms with E-state index >= 15 is 0 Å². The summed E-state index contributed by atoms with van der Waals surface area (Å²) in [5.74, 6) is 0. The first-order valence-corrected chi connectivity index (χ1v) is 8.62. The molecular formula is C17H23N5O2. The SMILES string of the molecule is O=C(Nc1ccc2[nH]ncc2c1)NC1COCC1N1CCCCC1. The maximum Gasteiger partial charge on any atom is 0.319 e. The van der Waals surface area contributed by atoms with E-state index in [1.807, 2.05) is 18.2 Å². The van der Waals surface area contributed by atoms with Crippen LogP contribution in [0.25, 0.3) is 10.9 Å². The fourth-order valence-electron chi connectivity index (χ4n) is 3.65. The largest absolute Gasteiger partial charge is 0.378 e. The van der Waals surface area contributed by atoms with Crippen LogP contribution in [0, 0.1) is 0 Å². The van der Waals surface area contributed by atoms with Gasteiger partial charge in [-0.15, -0.1) is 0 Å². The molecule has 1 aromatic heterocycles. The van der Waals surface area contributed by atoms with Gasteiger partial charge >= 0.3 is 6.03 Å². The minimum atomic E-state index is -0.185. The molecule has 4 rings (SSSR count). The molecule has 0 spiro atoms. The van der Waals surface area contributed by atoms with Gasteiger partial charge in [0.15, 0.2) is 0 Å². The van der Waals surface area contributed by atoms with E-state index in [4.69, 9.17) is 4.74 Å². The van der Waals surface area contributed by atoms with Crippen molar-refractivity contribution < 1.29 is 9.53 Å². The van der Waals surface area contributed by atoms with Crippen LogP contribution >= 0.6 is 0 Å². The average molecular weight is 329 g/mol. The Labute approximate surface area is 140 Å². The van der Waals surface area contributed by atoms with E-state index in [0.717, 1.165) is 29.7 Å². The molecule has 1 aromatic carbocycles. The molecule has 3 N–H and O–H groups in total. The van der Waals surface area contributed by atoms with Crippen LogP contribution in [0.15, 0.2) is 24.4 Å². The maximum atomic E-state index is 12.4. The number of fused-ring (bicyclic) bond motifs is 1. The summed E-state index contributed by atoms with van der Waals surface area (Å²) in [6.45, 7) is 3.48. The van der Waals surface area contributed by atoms with Gasteiger partial charge in [0.25, 0.3) is 0 Å². The maximum absolute atomic E-state index is 12.4. The molecule has 0 radical (unpaired) electrons. The van der Waals surface area contributed by atoms with Gasteiger partial charge in [0.2, 0.25) is 0 Å². The van der Waals surface area contributed by atoms with Gasteiger partial charge in [-0.05, 0) is 44.1 Å². The summed E-state index contributed by atoms with van der Waals surface area (Å²) in [5, 5.41) is 13.9. The van der Waals surface area contributed by atoms with Crippen molar-refractivity contribution in [2.45, 2.75) is 31.3 Å². The second kappa shape index (κ2) is 6.78. The number of aromatic amines is 1. The predicted molar refractivity (Wildman–Crippen MR) is 92.1 cm³/mol. The number of H-pyrrole nitrogens is 1. The number of urea groups is 1. The number of carbonyl (C=O) groups is 1. The highest BCUT2D eigenvalue weighted by molar-refractivity contribution is 5.92. The number of hydrogen-bond donors (Lipinski definition) is 3. The fraction of sp³-hybridized carbons (Fsp3) is 0.529. The van der Waals surface area contributed by atoms with Crippen molar-refractivity contribution in [3.05, 3.63) is 24.4 Å². The van der Waals surface area contributed by atoms with Crippen LogP contribution in [0.5, 0.6) is 0 Å². The summed E-state index contributed by atoms with van der Waals surface area (Å²) in [6, 6.07) is 5.83. The highest BCUT2D eigenvalue weighted by Gasteiger charge is 2.34. The molecule has 2 aliphatic rings. The van der Waals surface area contributed by atoms with Crippen molar-refractivity contribution in [2.75, 3.05) is 31.6 Å². The number of anilines is 1. The summed E-state index contributed by atoms with van der Waals surface area (Å²) >= 11 is 0. The number of nitrogens with zero attached hydrogens (tertiary/aromatic N) is 2. The number of carbonyl (C=O) groups excluding carboxylic acids is 1. The van der Waals surface area contributed by atoms with Gasteiger partial charge in [-0.3, -0.25) is 10.00 Å². The van der Waals surface area contributed by atoms with E-state index in [9.17, 15) is 4.79 Å². The number of likely N-dealkylation sites (tertiary alicyclic amines) is 1. The van der Waals surface area contributed by atoms with Crippen molar-refractivity contribution in [3.63, 3.8) is 0 Å². The van der Waals surface area contributed by atoms with E-state index in [1.54, 1.807) is 6.20 Å². The number of nitrogens with one attached hydrogen (secondary N) is 3. The third-order valence-electron chi connectivity index (χ3n) is 4.92. The summed E-state index contributed by atoms with van der Waals surface area (Å²) in [4.78, 5) is 14.8. The first-order valence-electron chi connectivity index (χ1n) is 8.62. The van der Waals surface area contributed by atoms with E-state index in [2.05, 4.69) is 25.7 Å². The molecular weight excluding hydrogens is 306 g/mol. The van der Waals surface area contributed by atoms with E-state index in [1.165, 1.54) is 19.3 Å². The van der Waals surface area contributed by atoms with Gasteiger partial charge in [0.05, 0.1) is 37.0 Å². The van der Waals surface area contributed by atoms with Crippen LogP contribution in [0.2, 0.25) is 0 Å². The number of rotatable bonds is 3. The molecule has 0 saturated carbocycles. The highest BCUT2D eigenvalue weighted by Crippen LogP contribution is 2.20.